The third-order valence-electron chi connectivity index (χ3n) is 2.23. The van der Waals surface area contributed by atoms with Gasteiger partial charge in [-0.05, 0) is 47.0 Å². The molecule has 0 aromatic heterocycles. The van der Waals surface area contributed by atoms with E-state index in [4.69, 9.17) is 10.5 Å². The molecule has 1 atom stereocenters. The smallest absolute Gasteiger partial charge is 0.0470 e. The molecule has 2 nitrogen and oxygen atoms in total. The van der Waals surface area contributed by atoms with E-state index in [0.717, 1.165) is 28.8 Å². The highest BCUT2D eigenvalue weighted by molar-refractivity contribution is 9.10. The molecule has 0 aliphatic rings. The van der Waals surface area contributed by atoms with Crippen LogP contribution in [0.25, 0.3) is 0 Å². The Bertz CT molecular complexity index is 331. The molecular formula is C12H18BrNOS. The van der Waals surface area contributed by atoms with Gasteiger partial charge in [-0.1, -0.05) is 6.07 Å². The minimum Gasteiger partial charge on any atom is -0.385 e. The van der Waals surface area contributed by atoms with E-state index in [1.165, 1.54) is 4.90 Å². The van der Waals surface area contributed by atoms with E-state index in [9.17, 15) is 0 Å². The molecule has 1 aromatic carbocycles. The molecule has 1 rings (SSSR count). The normalized spacial score (nSPS) is 12.8. The quantitative estimate of drug-likeness (QED) is 0.644. The summed E-state index contributed by atoms with van der Waals surface area (Å²) in [5, 5.41) is 0. The van der Waals surface area contributed by atoms with E-state index in [1.54, 1.807) is 7.11 Å². The van der Waals surface area contributed by atoms with Crippen LogP contribution in [0.1, 0.15) is 24.9 Å². The molecular weight excluding hydrogens is 286 g/mol. The monoisotopic (exact) mass is 303 g/mol. The van der Waals surface area contributed by atoms with Gasteiger partial charge in [-0.3, -0.25) is 0 Å². The minimum atomic E-state index is 0.0869. The van der Waals surface area contributed by atoms with Crippen molar-refractivity contribution in [2.24, 2.45) is 5.73 Å². The number of nitrogens with two attached hydrogens (primary N) is 1. The van der Waals surface area contributed by atoms with E-state index >= 15 is 0 Å². The van der Waals surface area contributed by atoms with Crippen molar-refractivity contribution < 1.29 is 4.74 Å². The highest BCUT2D eigenvalue weighted by Gasteiger charge is 2.04. The average molecular weight is 304 g/mol. The van der Waals surface area contributed by atoms with Gasteiger partial charge in [-0.2, -0.15) is 0 Å². The zero-order valence-electron chi connectivity index (χ0n) is 9.70. The molecule has 0 amide bonds. The van der Waals surface area contributed by atoms with Crippen LogP contribution < -0.4 is 5.73 Å². The first-order valence-electron chi connectivity index (χ1n) is 5.32. The number of hydrogen-bond donors (Lipinski definition) is 1. The Hall–Kier alpha value is -0.0300. The standard InChI is InChI=1S/C12H18BrNOS/c1-9(14)10-4-5-12(11(13)8-10)16-7-3-6-15-2/h4-5,8-9H,3,6-7,14H2,1-2H3/t9-/m1/s1. The van der Waals surface area contributed by atoms with Gasteiger partial charge in [0, 0.05) is 34.9 Å². The molecule has 0 spiro atoms. The van der Waals surface area contributed by atoms with Crippen LogP contribution in [0.3, 0.4) is 0 Å². The molecule has 0 unspecified atom stereocenters. The number of methoxy groups -OCH3 is 1. The summed E-state index contributed by atoms with van der Waals surface area (Å²) in [6.07, 6.45) is 1.07. The fraction of sp³-hybridized carbons (Fsp3) is 0.500. The molecule has 0 radical (unpaired) electrons. The Morgan fingerprint density at radius 3 is 2.81 bits per heavy atom. The molecule has 0 bridgehead atoms. The van der Waals surface area contributed by atoms with Crippen molar-refractivity contribution in [3.63, 3.8) is 0 Å². The average Bonchev–Trinajstić information content (AvgIpc) is 2.26. The van der Waals surface area contributed by atoms with Gasteiger partial charge >= 0.3 is 0 Å². The van der Waals surface area contributed by atoms with Crippen LogP contribution in [0, 0.1) is 0 Å². The molecule has 16 heavy (non-hydrogen) atoms. The second-order valence-electron chi connectivity index (χ2n) is 3.67. The van der Waals surface area contributed by atoms with E-state index in [-0.39, 0.29) is 6.04 Å². The Morgan fingerprint density at radius 2 is 2.25 bits per heavy atom. The molecule has 1 aromatic rings. The second kappa shape index (κ2) is 7.33. The molecule has 0 aliphatic heterocycles. The fourth-order valence-corrected chi connectivity index (χ4v) is 2.89. The minimum absolute atomic E-state index is 0.0869. The maximum absolute atomic E-state index is 5.83. The molecule has 0 aliphatic carbocycles. The summed E-state index contributed by atoms with van der Waals surface area (Å²) in [5.74, 6) is 1.07. The summed E-state index contributed by atoms with van der Waals surface area (Å²) >= 11 is 5.42. The van der Waals surface area contributed by atoms with E-state index < -0.39 is 0 Å². The molecule has 0 fully saturated rings. The third-order valence-corrected chi connectivity index (χ3v) is 4.31. The first-order valence-corrected chi connectivity index (χ1v) is 7.09. The lowest BCUT2D eigenvalue weighted by molar-refractivity contribution is 0.200. The summed E-state index contributed by atoms with van der Waals surface area (Å²) < 4.78 is 6.15. The Morgan fingerprint density at radius 1 is 1.50 bits per heavy atom. The number of hydrogen-bond acceptors (Lipinski definition) is 3. The van der Waals surface area contributed by atoms with Crippen molar-refractivity contribution in [3.8, 4) is 0 Å². The van der Waals surface area contributed by atoms with Crippen molar-refractivity contribution in [1.29, 1.82) is 0 Å². The number of thioether (sulfide) groups is 1. The number of ether oxygens (including phenoxy) is 1. The summed E-state index contributed by atoms with van der Waals surface area (Å²) in [5.41, 5.74) is 6.99. The van der Waals surface area contributed by atoms with Crippen molar-refractivity contribution in [1.82, 2.24) is 0 Å². The van der Waals surface area contributed by atoms with Gasteiger partial charge in [-0.25, -0.2) is 0 Å². The van der Waals surface area contributed by atoms with Crippen LogP contribution in [-0.2, 0) is 4.74 Å². The van der Waals surface area contributed by atoms with Crippen LogP contribution in [0.4, 0.5) is 0 Å². The van der Waals surface area contributed by atoms with Crippen molar-refractivity contribution >= 4 is 27.7 Å². The van der Waals surface area contributed by atoms with Gasteiger partial charge in [0.15, 0.2) is 0 Å². The number of rotatable bonds is 6. The third kappa shape index (κ3) is 4.45. The lowest BCUT2D eigenvalue weighted by Gasteiger charge is -2.09. The Kier molecular flexibility index (Phi) is 6.43. The molecule has 0 saturated heterocycles. The Balaban J connectivity index is 2.54. The van der Waals surface area contributed by atoms with Crippen LogP contribution in [0.15, 0.2) is 27.6 Å². The van der Waals surface area contributed by atoms with E-state index in [1.807, 2.05) is 18.7 Å². The van der Waals surface area contributed by atoms with Gasteiger partial charge in [0.2, 0.25) is 0 Å². The lowest BCUT2D eigenvalue weighted by atomic mass is 10.1. The highest BCUT2D eigenvalue weighted by atomic mass is 79.9. The van der Waals surface area contributed by atoms with Gasteiger partial charge in [0.1, 0.15) is 0 Å². The maximum atomic E-state index is 5.83. The van der Waals surface area contributed by atoms with E-state index in [2.05, 4.69) is 34.1 Å². The topological polar surface area (TPSA) is 35.2 Å². The molecule has 90 valence electrons. The zero-order valence-corrected chi connectivity index (χ0v) is 12.1. The summed E-state index contributed by atoms with van der Waals surface area (Å²) in [6, 6.07) is 6.40. The van der Waals surface area contributed by atoms with Crippen LogP contribution in [0.5, 0.6) is 0 Å². The van der Waals surface area contributed by atoms with Crippen molar-refractivity contribution in [2.45, 2.75) is 24.3 Å². The molecule has 0 heterocycles. The summed E-state index contributed by atoms with van der Waals surface area (Å²) in [6.45, 7) is 2.82. The second-order valence-corrected chi connectivity index (χ2v) is 5.66. The van der Waals surface area contributed by atoms with Crippen LogP contribution in [0.2, 0.25) is 0 Å². The molecule has 2 N–H and O–H groups in total. The van der Waals surface area contributed by atoms with Crippen LogP contribution in [-0.4, -0.2) is 19.5 Å². The maximum Gasteiger partial charge on any atom is 0.0470 e. The van der Waals surface area contributed by atoms with Gasteiger partial charge in [0.25, 0.3) is 0 Å². The SMILES string of the molecule is COCCCSc1ccc([C@@H](C)N)cc1Br. The van der Waals surface area contributed by atoms with Gasteiger partial charge < -0.3 is 10.5 Å². The molecule has 4 heteroatoms. The first-order chi connectivity index (χ1) is 7.65. The summed E-state index contributed by atoms with van der Waals surface area (Å²) in [7, 11) is 1.73. The molecule has 0 saturated carbocycles. The lowest BCUT2D eigenvalue weighted by Crippen LogP contribution is -2.04. The summed E-state index contributed by atoms with van der Waals surface area (Å²) in [4.78, 5) is 1.26. The highest BCUT2D eigenvalue weighted by Crippen LogP contribution is 2.30. The van der Waals surface area contributed by atoms with Crippen molar-refractivity contribution in [2.75, 3.05) is 19.5 Å². The Labute approximate surface area is 110 Å². The fourth-order valence-electron chi connectivity index (χ4n) is 1.30. The van der Waals surface area contributed by atoms with Crippen LogP contribution >= 0.6 is 27.7 Å². The van der Waals surface area contributed by atoms with Gasteiger partial charge in [0.05, 0.1) is 0 Å². The van der Waals surface area contributed by atoms with Crippen molar-refractivity contribution in [3.05, 3.63) is 28.2 Å². The number of halogens is 1. The van der Waals surface area contributed by atoms with Gasteiger partial charge in [-0.15, -0.1) is 11.8 Å². The number of benzene rings is 1. The predicted molar refractivity (Wildman–Crippen MR) is 74.0 cm³/mol. The predicted octanol–water partition coefficient (Wildman–Crippen LogP) is 3.60. The first kappa shape index (κ1) is 14.0. The zero-order chi connectivity index (χ0) is 12.0. The van der Waals surface area contributed by atoms with E-state index in [0.29, 0.717) is 0 Å². The largest absolute Gasteiger partial charge is 0.385 e.